The van der Waals surface area contributed by atoms with E-state index in [1.165, 1.54) is 12.8 Å². The second kappa shape index (κ2) is 1.98. The fourth-order valence-corrected chi connectivity index (χ4v) is 2.19. The molecule has 10 heavy (non-hydrogen) atoms. The molecule has 0 aromatic rings. The van der Waals surface area contributed by atoms with Crippen LogP contribution in [0.1, 0.15) is 26.7 Å². The molecule has 54 valence electrons. The molecule has 2 aliphatic rings. The third-order valence-corrected chi connectivity index (χ3v) is 2.74. The van der Waals surface area contributed by atoms with Gasteiger partial charge in [-0.15, -0.1) is 0 Å². The van der Waals surface area contributed by atoms with E-state index in [-0.39, 0.29) is 0 Å². The first-order valence-corrected chi connectivity index (χ1v) is 4.12. The predicted octanol–water partition coefficient (Wildman–Crippen LogP) is 2.92. The van der Waals surface area contributed by atoms with Gasteiger partial charge in [0.1, 0.15) is 0 Å². The number of rotatable bonds is 0. The van der Waals surface area contributed by atoms with Crippen LogP contribution >= 0.6 is 0 Å². The van der Waals surface area contributed by atoms with Gasteiger partial charge in [-0.3, -0.25) is 0 Å². The van der Waals surface area contributed by atoms with Gasteiger partial charge in [0.25, 0.3) is 0 Å². The lowest BCUT2D eigenvalue weighted by molar-refractivity contribution is 0.693. The summed E-state index contributed by atoms with van der Waals surface area (Å²) in [5.41, 5.74) is 3.27. The Morgan fingerprint density at radius 1 is 1.40 bits per heavy atom. The van der Waals surface area contributed by atoms with Crippen LogP contribution in [0.3, 0.4) is 0 Å². The molecule has 2 atom stereocenters. The average molecular weight is 134 g/mol. The van der Waals surface area contributed by atoms with Gasteiger partial charge in [-0.1, -0.05) is 23.3 Å². The lowest BCUT2D eigenvalue weighted by Crippen LogP contribution is -1.93. The van der Waals surface area contributed by atoms with Crippen LogP contribution in [0.15, 0.2) is 23.3 Å². The van der Waals surface area contributed by atoms with Crippen LogP contribution in [0, 0.1) is 11.8 Å². The van der Waals surface area contributed by atoms with Crippen molar-refractivity contribution in [2.75, 3.05) is 0 Å². The first-order valence-electron chi connectivity index (χ1n) is 4.12. The molecule has 0 saturated heterocycles. The molecule has 1 fully saturated rings. The quantitative estimate of drug-likeness (QED) is 0.447. The smallest absolute Gasteiger partial charge is 0.00148 e. The molecule has 0 nitrogen and oxygen atoms in total. The Labute approximate surface area is 62.6 Å². The van der Waals surface area contributed by atoms with Gasteiger partial charge < -0.3 is 0 Å². The zero-order chi connectivity index (χ0) is 7.14. The van der Waals surface area contributed by atoms with E-state index in [0.29, 0.717) is 0 Å². The van der Waals surface area contributed by atoms with Crippen molar-refractivity contribution in [2.24, 2.45) is 11.8 Å². The molecular formula is C10H14. The van der Waals surface area contributed by atoms with Crippen molar-refractivity contribution >= 4 is 0 Å². The van der Waals surface area contributed by atoms with Crippen molar-refractivity contribution in [3.05, 3.63) is 23.3 Å². The number of fused-ring (bicyclic) bond motifs is 2. The Bertz CT molecular complexity index is 204. The van der Waals surface area contributed by atoms with Crippen molar-refractivity contribution in [1.82, 2.24) is 0 Å². The molecule has 2 unspecified atom stereocenters. The normalized spacial score (nSPS) is 35.6. The standard InChI is InChI=1S/C10H14/c1-7(2)10-6-8-3-4-9(10)5-8/h3-4,8-9H,5-6H2,1-2H3. The Morgan fingerprint density at radius 2 is 2.20 bits per heavy atom. The maximum absolute atomic E-state index is 2.39. The molecule has 0 heteroatoms. The number of hydrogen-bond donors (Lipinski definition) is 0. The summed E-state index contributed by atoms with van der Waals surface area (Å²) in [5, 5.41) is 0. The van der Waals surface area contributed by atoms with Crippen LogP contribution in [-0.2, 0) is 0 Å². The van der Waals surface area contributed by atoms with E-state index in [2.05, 4.69) is 26.0 Å². The van der Waals surface area contributed by atoms with E-state index >= 15 is 0 Å². The largest absolute Gasteiger partial charge is 0.0845 e. The monoisotopic (exact) mass is 134 g/mol. The Hall–Kier alpha value is -0.520. The minimum Gasteiger partial charge on any atom is -0.0845 e. The van der Waals surface area contributed by atoms with E-state index in [1.807, 2.05) is 0 Å². The van der Waals surface area contributed by atoms with Crippen molar-refractivity contribution in [3.63, 3.8) is 0 Å². The van der Waals surface area contributed by atoms with Crippen LogP contribution in [0.5, 0.6) is 0 Å². The lowest BCUT2D eigenvalue weighted by atomic mass is 9.97. The molecule has 0 N–H and O–H groups in total. The van der Waals surface area contributed by atoms with Gasteiger partial charge >= 0.3 is 0 Å². The predicted molar refractivity (Wildman–Crippen MR) is 43.7 cm³/mol. The molecule has 0 aromatic heterocycles. The molecule has 0 heterocycles. The van der Waals surface area contributed by atoms with E-state index in [9.17, 15) is 0 Å². The van der Waals surface area contributed by atoms with E-state index in [0.717, 1.165) is 11.8 Å². The summed E-state index contributed by atoms with van der Waals surface area (Å²) in [4.78, 5) is 0. The number of allylic oxidation sites excluding steroid dienone is 4. The van der Waals surface area contributed by atoms with Crippen LogP contribution in [0.2, 0.25) is 0 Å². The highest BCUT2D eigenvalue weighted by atomic mass is 14.4. The van der Waals surface area contributed by atoms with Gasteiger partial charge in [0.05, 0.1) is 0 Å². The van der Waals surface area contributed by atoms with E-state index < -0.39 is 0 Å². The molecule has 0 radical (unpaired) electrons. The van der Waals surface area contributed by atoms with E-state index in [4.69, 9.17) is 0 Å². The van der Waals surface area contributed by atoms with Crippen molar-refractivity contribution < 1.29 is 0 Å². The summed E-state index contributed by atoms with van der Waals surface area (Å²) in [6.45, 7) is 4.48. The van der Waals surface area contributed by atoms with Crippen LogP contribution in [0.25, 0.3) is 0 Å². The molecule has 0 aliphatic heterocycles. The highest BCUT2D eigenvalue weighted by Gasteiger charge is 2.30. The second-order valence-electron chi connectivity index (χ2n) is 3.72. The zero-order valence-electron chi connectivity index (χ0n) is 6.72. The Balaban J connectivity index is 2.32. The van der Waals surface area contributed by atoms with Gasteiger partial charge in [0, 0.05) is 0 Å². The zero-order valence-corrected chi connectivity index (χ0v) is 6.72. The maximum atomic E-state index is 2.39. The minimum absolute atomic E-state index is 0.829. The molecule has 2 bridgehead atoms. The van der Waals surface area contributed by atoms with Crippen molar-refractivity contribution in [1.29, 1.82) is 0 Å². The highest BCUT2D eigenvalue weighted by Crippen LogP contribution is 2.44. The fraction of sp³-hybridized carbons (Fsp3) is 0.600. The molecule has 0 spiro atoms. The fourth-order valence-electron chi connectivity index (χ4n) is 2.19. The topological polar surface area (TPSA) is 0 Å². The third kappa shape index (κ3) is 0.749. The molecule has 0 amide bonds. The third-order valence-electron chi connectivity index (χ3n) is 2.74. The van der Waals surface area contributed by atoms with Crippen molar-refractivity contribution in [3.8, 4) is 0 Å². The van der Waals surface area contributed by atoms with Crippen molar-refractivity contribution in [2.45, 2.75) is 26.7 Å². The molecular weight excluding hydrogens is 120 g/mol. The number of hydrogen-bond acceptors (Lipinski definition) is 0. The Kier molecular flexibility index (Phi) is 1.23. The summed E-state index contributed by atoms with van der Waals surface area (Å²) in [7, 11) is 0. The summed E-state index contributed by atoms with van der Waals surface area (Å²) >= 11 is 0. The lowest BCUT2D eigenvalue weighted by Gasteiger charge is -2.09. The highest BCUT2D eigenvalue weighted by molar-refractivity contribution is 5.29. The minimum atomic E-state index is 0.829. The molecule has 2 aliphatic carbocycles. The first kappa shape index (κ1) is 6.21. The summed E-state index contributed by atoms with van der Waals surface area (Å²) in [6, 6.07) is 0. The van der Waals surface area contributed by atoms with Crippen LogP contribution in [-0.4, -0.2) is 0 Å². The van der Waals surface area contributed by atoms with E-state index in [1.54, 1.807) is 11.1 Å². The summed E-state index contributed by atoms with van der Waals surface area (Å²) in [6.07, 6.45) is 7.53. The van der Waals surface area contributed by atoms with Gasteiger partial charge in [-0.05, 0) is 38.5 Å². The van der Waals surface area contributed by atoms with Gasteiger partial charge in [-0.2, -0.15) is 0 Å². The maximum Gasteiger partial charge on any atom is -0.00148 e. The van der Waals surface area contributed by atoms with Crippen LogP contribution in [0.4, 0.5) is 0 Å². The molecule has 0 aromatic carbocycles. The second-order valence-corrected chi connectivity index (χ2v) is 3.72. The first-order chi connectivity index (χ1) is 4.77. The Morgan fingerprint density at radius 3 is 2.50 bits per heavy atom. The van der Waals surface area contributed by atoms with Gasteiger partial charge in [0.2, 0.25) is 0 Å². The SMILES string of the molecule is CC(C)=C1CC2C=CC1C2. The summed E-state index contributed by atoms with van der Waals surface area (Å²) in [5.74, 6) is 1.73. The van der Waals surface area contributed by atoms with Gasteiger partial charge in [-0.25, -0.2) is 0 Å². The van der Waals surface area contributed by atoms with Crippen LogP contribution < -0.4 is 0 Å². The molecule has 1 saturated carbocycles. The van der Waals surface area contributed by atoms with Gasteiger partial charge in [0.15, 0.2) is 0 Å². The molecule has 2 rings (SSSR count). The summed E-state index contributed by atoms with van der Waals surface area (Å²) < 4.78 is 0. The average Bonchev–Trinajstić information content (AvgIpc) is 2.44.